The molecule has 2 aliphatic rings. The minimum atomic E-state index is -0.629. The molecule has 0 aliphatic heterocycles. The lowest BCUT2D eigenvalue weighted by Crippen LogP contribution is -2.51. The molecule has 1 aromatic rings. The molecule has 2 bridgehead atoms. The van der Waals surface area contributed by atoms with Gasteiger partial charge in [0.1, 0.15) is 0 Å². The van der Waals surface area contributed by atoms with Crippen molar-refractivity contribution in [3.8, 4) is 0 Å². The summed E-state index contributed by atoms with van der Waals surface area (Å²) < 4.78 is 0. The van der Waals surface area contributed by atoms with Crippen molar-refractivity contribution in [1.82, 2.24) is 5.32 Å². The molecular weight excluding hydrogens is 354 g/mol. The van der Waals surface area contributed by atoms with E-state index in [1.165, 1.54) is 5.56 Å². The van der Waals surface area contributed by atoms with Crippen molar-refractivity contribution in [3.63, 3.8) is 0 Å². The lowest BCUT2D eigenvalue weighted by molar-refractivity contribution is -0.135. The molecule has 0 radical (unpaired) electrons. The normalized spacial score (nSPS) is 34.6. The quantitative estimate of drug-likeness (QED) is 0.816. The number of hydrogen-bond donors (Lipinski definition) is 1. The average Bonchev–Trinajstić information content (AvgIpc) is 2.80. The van der Waals surface area contributed by atoms with Crippen LogP contribution in [0.5, 0.6) is 0 Å². The van der Waals surface area contributed by atoms with Gasteiger partial charge in [0.25, 0.3) is 0 Å². The van der Waals surface area contributed by atoms with Crippen LogP contribution < -0.4 is 5.32 Å². The molecule has 1 amide bonds. The Bertz CT molecular complexity index is 642. The van der Waals surface area contributed by atoms with Gasteiger partial charge in [-0.25, -0.2) is 0 Å². The average molecular weight is 378 g/mol. The third kappa shape index (κ3) is 2.07. The van der Waals surface area contributed by atoms with Crippen LogP contribution in [0.25, 0.3) is 0 Å². The van der Waals surface area contributed by atoms with Gasteiger partial charge in [-0.1, -0.05) is 67.0 Å². The lowest BCUT2D eigenvalue weighted by Gasteiger charge is -2.39. The first-order chi connectivity index (χ1) is 10.8. The van der Waals surface area contributed by atoms with Crippen LogP contribution in [0.2, 0.25) is 0 Å². The second-order valence-corrected chi connectivity index (χ2v) is 8.56. The molecule has 4 heteroatoms. The van der Waals surface area contributed by atoms with Crippen molar-refractivity contribution in [1.29, 1.82) is 0 Å². The SMILES string of the molecule is CC1(C)[C@@]2(C)CC[C@@]1(C(=O)NCCc1ccccc1)[C@H](Br)C2=O. The van der Waals surface area contributed by atoms with Gasteiger partial charge in [0, 0.05) is 12.0 Å². The standard InChI is InChI=1S/C19H24BrNO2/c1-17(2)18(3)10-11-19(17,14(20)15(18)22)16(23)21-12-9-13-7-5-4-6-8-13/h4-8,14H,9-12H2,1-3H3,(H,21,23)/t14-,18+,19+/m1/s1. The van der Waals surface area contributed by atoms with Gasteiger partial charge < -0.3 is 5.32 Å². The monoisotopic (exact) mass is 377 g/mol. The summed E-state index contributed by atoms with van der Waals surface area (Å²) in [5.74, 6) is 0.210. The predicted molar refractivity (Wildman–Crippen MR) is 94.4 cm³/mol. The second kappa shape index (κ2) is 5.44. The van der Waals surface area contributed by atoms with Crippen LogP contribution in [-0.2, 0) is 16.0 Å². The molecule has 1 aromatic carbocycles. The molecule has 124 valence electrons. The van der Waals surface area contributed by atoms with E-state index in [-0.39, 0.29) is 21.9 Å². The lowest BCUT2D eigenvalue weighted by atomic mass is 9.64. The number of carbonyl (C=O) groups excluding carboxylic acids is 2. The molecule has 0 spiro atoms. The molecule has 2 saturated carbocycles. The van der Waals surface area contributed by atoms with E-state index in [2.05, 4.69) is 47.2 Å². The van der Waals surface area contributed by atoms with Gasteiger partial charge in [0.2, 0.25) is 5.91 Å². The van der Waals surface area contributed by atoms with Gasteiger partial charge in [-0.15, -0.1) is 0 Å². The van der Waals surface area contributed by atoms with E-state index in [9.17, 15) is 9.59 Å². The summed E-state index contributed by atoms with van der Waals surface area (Å²) in [6.45, 7) is 6.78. The van der Waals surface area contributed by atoms with Crippen LogP contribution in [0.4, 0.5) is 0 Å². The van der Waals surface area contributed by atoms with Crippen molar-refractivity contribution in [3.05, 3.63) is 35.9 Å². The molecule has 1 N–H and O–H groups in total. The maximum absolute atomic E-state index is 13.0. The Morgan fingerprint density at radius 1 is 1.22 bits per heavy atom. The van der Waals surface area contributed by atoms with E-state index in [4.69, 9.17) is 0 Å². The first-order valence-electron chi connectivity index (χ1n) is 8.28. The van der Waals surface area contributed by atoms with Gasteiger partial charge in [0.05, 0.1) is 10.2 Å². The van der Waals surface area contributed by atoms with Gasteiger partial charge >= 0.3 is 0 Å². The highest BCUT2D eigenvalue weighted by Crippen LogP contribution is 2.72. The summed E-state index contributed by atoms with van der Waals surface area (Å²) in [4.78, 5) is 25.3. The number of nitrogens with one attached hydrogen (secondary N) is 1. The Labute approximate surface area is 146 Å². The minimum absolute atomic E-state index is 0.0230. The summed E-state index contributed by atoms with van der Waals surface area (Å²) >= 11 is 3.56. The largest absolute Gasteiger partial charge is 0.355 e. The van der Waals surface area contributed by atoms with E-state index in [0.717, 1.165) is 19.3 Å². The van der Waals surface area contributed by atoms with E-state index in [0.29, 0.717) is 6.54 Å². The van der Waals surface area contributed by atoms with E-state index < -0.39 is 10.8 Å². The van der Waals surface area contributed by atoms with E-state index >= 15 is 0 Å². The van der Waals surface area contributed by atoms with Gasteiger partial charge in [-0.3, -0.25) is 9.59 Å². The number of halogens is 1. The van der Waals surface area contributed by atoms with E-state index in [1.807, 2.05) is 25.1 Å². The Balaban J connectivity index is 1.75. The van der Waals surface area contributed by atoms with Crippen molar-refractivity contribution < 1.29 is 9.59 Å². The van der Waals surface area contributed by atoms with Crippen molar-refractivity contribution in [2.75, 3.05) is 6.54 Å². The summed E-state index contributed by atoms with van der Waals surface area (Å²) in [5, 5.41) is 3.09. The Hall–Kier alpha value is -1.16. The van der Waals surface area contributed by atoms with Crippen LogP contribution in [0, 0.1) is 16.2 Å². The summed E-state index contributed by atoms with van der Waals surface area (Å²) in [5.41, 5.74) is -0.158. The predicted octanol–water partition coefficient (Wildman–Crippen LogP) is 3.50. The highest BCUT2D eigenvalue weighted by atomic mass is 79.9. The van der Waals surface area contributed by atoms with Crippen LogP contribution >= 0.6 is 15.9 Å². The molecule has 0 saturated heterocycles. The number of ketones is 1. The summed E-state index contributed by atoms with van der Waals surface area (Å²) in [6.07, 6.45) is 2.38. The fraction of sp³-hybridized carbons (Fsp3) is 0.579. The van der Waals surface area contributed by atoms with E-state index in [1.54, 1.807) is 0 Å². The number of hydrogen-bond acceptors (Lipinski definition) is 2. The van der Waals surface area contributed by atoms with Crippen molar-refractivity contribution in [2.45, 2.75) is 44.9 Å². The highest BCUT2D eigenvalue weighted by Gasteiger charge is 2.76. The van der Waals surface area contributed by atoms with Crippen LogP contribution in [0.1, 0.15) is 39.2 Å². The van der Waals surface area contributed by atoms with Crippen LogP contribution in [0.3, 0.4) is 0 Å². The number of rotatable bonds is 4. The Morgan fingerprint density at radius 3 is 2.43 bits per heavy atom. The molecule has 0 unspecified atom stereocenters. The maximum atomic E-state index is 13.0. The smallest absolute Gasteiger partial charge is 0.228 e. The molecule has 2 aliphatic carbocycles. The zero-order valence-corrected chi connectivity index (χ0v) is 15.6. The van der Waals surface area contributed by atoms with Crippen molar-refractivity contribution in [2.24, 2.45) is 16.2 Å². The first-order valence-corrected chi connectivity index (χ1v) is 9.19. The highest BCUT2D eigenvalue weighted by molar-refractivity contribution is 9.10. The topological polar surface area (TPSA) is 46.2 Å². The number of amides is 1. The molecule has 23 heavy (non-hydrogen) atoms. The third-order valence-corrected chi connectivity index (χ3v) is 7.87. The zero-order valence-electron chi connectivity index (χ0n) is 14.0. The first kappa shape index (κ1) is 16.7. The number of alkyl halides is 1. The molecule has 3 atom stereocenters. The fourth-order valence-corrected chi connectivity index (χ4v) is 6.09. The molecule has 3 nitrogen and oxygen atoms in total. The number of carbonyl (C=O) groups is 2. The Morgan fingerprint density at radius 2 is 1.87 bits per heavy atom. The third-order valence-electron chi connectivity index (χ3n) is 6.67. The molecule has 3 rings (SSSR count). The number of fused-ring (bicyclic) bond motifs is 2. The molecule has 0 aromatic heterocycles. The second-order valence-electron chi connectivity index (χ2n) is 7.65. The maximum Gasteiger partial charge on any atom is 0.228 e. The fourth-order valence-electron chi connectivity index (χ4n) is 4.58. The van der Waals surface area contributed by atoms with Crippen LogP contribution in [-0.4, -0.2) is 23.1 Å². The summed E-state index contributed by atoms with van der Waals surface area (Å²) in [7, 11) is 0. The zero-order chi connectivity index (χ0) is 16.9. The van der Waals surface area contributed by atoms with Crippen LogP contribution in [0.15, 0.2) is 30.3 Å². The molecule has 2 fully saturated rings. The minimum Gasteiger partial charge on any atom is -0.355 e. The Kier molecular flexibility index (Phi) is 3.95. The van der Waals surface area contributed by atoms with Crippen molar-refractivity contribution >= 4 is 27.6 Å². The number of benzene rings is 1. The molecular formula is C19H24BrNO2. The van der Waals surface area contributed by atoms with Gasteiger partial charge in [-0.05, 0) is 30.2 Å². The van der Waals surface area contributed by atoms with Gasteiger partial charge in [-0.2, -0.15) is 0 Å². The molecule has 0 heterocycles. The van der Waals surface area contributed by atoms with Gasteiger partial charge in [0.15, 0.2) is 5.78 Å². The summed E-state index contributed by atoms with van der Waals surface area (Å²) in [6, 6.07) is 10.1. The number of Topliss-reactive ketones (excluding diaryl/α,β-unsaturated/α-hetero) is 1.